The van der Waals surface area contributed by atoms with Gasteiger partial charge in [0.2, 0.25) is 0 Å². The molecule has 2 atom stereocenters. The lowest BCUT2D eigenvalue weighted by atomic mass is 10.1. The topological polar surface area (TPSA) is 29.3 Å². The Morgan fingerprint density at radius 1 is 1.57 bits per heavy atom. The zero-order valence-electron chi connectivity index (χ0n) is 8.81. The minimum absolute atomic E-state index is 0.316. The van der Waals surface area contributed by atoms with Crippen molar-refractivity contribution >= 4 is 11.3 Å². The van der Waals surface area contributed by atoms with Crippen LogP contribution in [0.3, 0.4) is 0 Å². The van der Waals surface area contributed by atoms with E-state index >= 15 is 0 Å². The Bertz CT molecular complexity index is 281. The number of nitrogens with zero attached hydrogens (tertiary/aromatic N) is 1. The van der Waals surface area contributed by atoms with E-state index in [1.165, 1.54) is 4.88 Å². The first-order valence-electron chi connectivity index (χ1n) is 5.25. The molecule has 2 rings (SSSR count). The molecule has 0 spiro atoms. The fraction of sp³-hybridized carbons (Fsp3) is 0.636. The predicted molar refractivity (Wildman–Crippen MR) is 61.5 cm³/mol. The highest BCUT2D eigenvalue weighted by molar-refractivity contribution is 7.10. The third-order valence-corrected chi connectivity index (χ3v) is 3.92. The maximum atomic E-state index is 6.16. The fourth-order valence-corrected chi connectivity index (χ4v) is 3.18. The van der Waals surface area contributed by atoms with E-state index in [2.05, 4.69) is 36.3 Å². The maximum Gasteiger partial charge on any atom is 0.0596 e. The highest BCUT2D eigenvalue weighted by Crippen LogP contribution is 2.34. The van der Waals surface area contributed by atoms with Crippen LogP contribution in [-0.2, 0) is 0 Å². The van der Waals surface area contributed by atoms with Crippen molar-refractivity contribution in [1.82, 2.24) is 4.90 Å². The molecule has 1 aromatic rings. The van der Waals surface area contributed by atoms with Crippen molar-refractivity contribution in [2.24, 2.45) is 5.73 Å². The van der Waals surface area contributed by atoms with Gasteiger partial charge in [0.05, 0.1) is 6.04 Å². The Morgan fingerprint density at radius 2 is 2.36 bits per heavy atom. The van der Waals surface area contributed by atoms with Gasteiger partial charge in [0.1, 0.15) is 0 Å². The van der Waals surface area contributed by atoms with E-state index in [0.717, 1.165) is 13.0 Å². The summed E-state index contributed by atoms with van der Waals surface area (Å²) in [6, 6.07) is 5.68. The van der Waals surface area contributed by atoms with Crippen LogP contribution < -0.4 is 5.73 Å². The van der Waals surface area contributed by atoms with Gasteiger partial charge in [0, 0.05) is 23.5 Å². The van der Waals surface area contributed by atoms with Crippen LogP contribution in [0.1, 0.15) is 31.2 Å². The van der Waals surface area contributed by atoms with Crippen LogP contribution in [0.2, 0.25) is 0 Å². The van der Waals surface area contributed by atoms with Gasteiger partial charge in [-0.05, 0) is 31.7 Å². The second-order valence-electron chi connectivity index (χ2n) is 4.24. The zero-order chi connectivity index (χ0) is 10.1. The van der Waals surface area contributed by atoms with Gasteiger partial charge in [-0.25, -0.2) is 0 Å². The lowest BCUT2D eigenvalue weighted by Gasteiger charge is -2.29. The molecule has 14 heavy (non-hydrogen) atoms. The Labute approximate surface area is 89.7 Å². The molecule has 0 amide bonds. The molecule has 3 heteroatoms. The van der Waals surface area contributed by atoms with Crippen LogP contribution >= 0.6 is 11.3 Å². The molecule has 0 aromatic carbocycles. The molecule has 2 heterocycles. The normalized spacial score (nSPS) is 28.9. The van der Waals surface area contributed by atoms with E-state index in [0.29, 0.717) is 18.1 Å². The van der Waals surface area contributed by atoms with E-state index in [1.54, 1.807) is 0 Å². The average Bonchev–Trinajstić information content (AvgIpc) is 2.71. The Hall–Kier alpha value is -0.380. The maximum absolute atomic E-state index is 6.16. The minimum Gasteiger partial charge on any atom is -0.326 e. The van der Waals surface area contributed by atoms with E-state index in [-0.39, 0.29) is 0 Å². The van der Waals surface area contributed by atoms with Crippen molar-refractivity contribution in [2.75, 3.05) is 6.54 Å². The van der Waals surface area contributed by atoms with Crippen LogP contribution in [0, 0.1) is 0 Å². The summed E-state index contributed by atoms with van der Waals surface area (Å²) < 4.78 is 0. The highest BCUT2D eigenvalue weighted by atomic mass is 32.1. The molecule has 1 aliphatic rings. The van der Waals surface area contributed by atoms with E-state index in [1.807, 2.05) is 11.3 Å². The second kappa shape index (κ2) is 4.01. The molecule has 1 saturated heterocycles. The minimum atomic E-state index is 0.316. The molecule has 1 aromatic heterocycles. The monoisotopic (exact) mass is 210 g/mol. The van der Waals surface area contributed by atoms with E-state index < -0.39 is 0 Å². The first-order valence-corrected chi connectivity index (χ1v) is 6.13. The van der Waals surface area contributed by atoms with Crippen molar-refractivity contribution in [2.45, 2.75) is 38.4 Å². The number of rotatable bonds is 2. The van der Waals surface area contributed by atoms with Crippen molar-refractivity contribution in [1.29, 1.82) is 0 Å². The Balaban J connectivity index is 2.22. The van der Waals surface area contributed by atoms with Gasteiger partial charge in [-0.2, -0.15) is 0 Å². The molecule has 1 aliphatic heterocycles. The standard InChI is InChI=1S/C11H18N2S/c1-8(2)13-6-5-9(12)11(13)10-4-3-7-14-10/h3-4,7-9,11H,5-6,12H2,1-2H3/t9-,11-/m0/s1. The molecule has 0 radical (unpaired) electrons. The Morgan fingerprint density at radius 3 is 2.93 bits per heavy atom. The predicted octanol–water partition coefficient (Wildman–Crippen LogP) is 2.23. The summed E-state index contributed by atoms with van der Waals surface area (Å²) in [5.74, 6) is 0. The quantitative estimate of drug-likeness (QED) is 0.811. The highest BCUT2D eigenvalue weighted by Gasteiger charge is 2.34. The largest absolute Gasteiger partial charge is 0.326 e. The summed E-state index contributed by atoms with van der Waals surface area (Å²) in [4.78, 5) is 3.93. The van der Waals surface area contributed by atoms with Crippen molar-refractivity contribution < 1.29 is 0 Å². The molecular formula is C11H18N2S. The van der Waals surface area contributed by atoms with Gasteiger partial charge < -0.3 is 5.73 Å². The third kappa shape index (κ3) is 1.72. The number of hydrogen-bond acceptors (Lipinski definition) is 3. The molecule has 2 N–H and O–H groups in total. The summed E-state index contributed by atoms with van der Waals surface area (Å²) in [6.45, 7) is 5.64. The Kier molecular flexibility index (Phi) is 2.91. The molecule has 0 bridgehead atoms. The van der Waals surface area contributed by atoms with Crippen LogP contribution in [0.4, 0.5) is 0 Å². The second-order valence-corrected chi connectivity index (χ2v) is 5.22. The molecule has 78 valence electrons. The summed E-state index contributed by atoms with van der Waals surface area (Å²) in [5.41, 5.74) is 6.16. The number of hydrogen-bond donors (Lipinski definition) is 1. The van der Waals surface area contributed by atoms with E-state index in [9.17, 15) is 0 Å². The summed E-state index contributed by atoms with van der Waals surface area (Å²) in [7, 11) is 0. The zero-order valence-corrected chi connectivity index (χ0v) is 9.63. The lowest BCUT2D eigenvalue weighted by molar-refractivity contribution is 0.201. The van der Waals surface area contributed by atoms with Gasteiger partial charge in [0.25, 0.3) is 0 Å². The number of thiophene rings is 1. The van der Waals surface area contributed by atoms with Crippen molar-refractivity contribution in [3.63, 3.8) is 0 Å². The van der Waals surface area contributed by atoms with Crippen molar-refractivity contribution in [3.8, 4) is 0 Å². The summed E-state index contributed by atoms with van der Waals surface area (Å²) in [6.07, 6.45) is 1.13. The lowest BCUT2D eigenvalue weighted by Crippen LogP contribution is -2.35. The van der Waals surface area contributed by atoms with Crippen LogP contribution in [0.15, 0.2) is 17.5 Å². The van der Waals surface area contributed by atoms with Gasteiger partial charge in [-0.15, -0.1) is 11.3 Å². The molecule has 2 nitrogen and oxygen atoms in total. The average molecular weight is 210 g/mol. The van der Waals surface area contributed by atoms with E-state index in [4.69, 9.17) is 5.73 Å². The smallest absolute Gasteiger partial charge is 0.0596 e. The van der Waals surface area contributed by atoms with Gasteiger partial charge in [0.15, 0.2) is 0 Å². The van der Waals surface area contributed by atoms with Gasteiger partial charge >= 0.3 is 0 Å². The molecule has 0 unspecified atom stereocenters. The first-order chi connectivity index (χ1) is 6.70. The number of likely N-dealkylation sites (tertiary alicyclic amines) is 1. The molecule has 1 fully saturated rings. The van der Waals surface area contributed by atoms with Gasteiger partial charge in [-0.1, -0.05) is 6.07 Å². The van der Waals surface area contributed by atoms with Crippen molar-refractivity contribution in [3.05, 3.63) is 22.4 Å². The van der Waals surface area contributed by atoms with Crippen LogP contribution in [0.25, 0.3) is 0 Å². The summed E-state index contributed by atoms with van der Waals surface area (Å²) >= 11 is 1.82. The molecular weight excluding hydrogens is 192 g/mol. The van der Waals surface area contributed by atoms with Crippen LogP contribution in [-0.4, -0.2) is 23.5 Å². The SMILES string of the molecule is CC(C)N1CC[C@H](N)[C@H]1c1cccs1. The fourth-order valence-electron chi connectivity index (χ4n) is 2.25. The van der Waals surface area contributed by atoms with Gasteiger partial charge in [-0.3, -0.25) is 4.90 Å². The van der Waals surface area contributed by atoms with Crippen LogP contribution in [0.5, 0.6) is 0 Å². The summed E-state index contributed by atoms with van der Waals surface area (Å²) in [5, 5.41) is 2.14. The number of nitrogens with two attached hydrogens (primary N) is 1. The molecule has 0 saturated carbocycles. The molecule has 0 aliphatic carbocycles. The third-order valence-electron chi connectivity index (χ3n) is 2.98. The first kappa shape index (κ1) is 10.1.